The Bertz CT molecular complexity index is 1190. The van der Waals surface area contributed by atoms with Gasteiger partial charge in [-0.15, -0.1) is 0 Å². The Balaban J connectivity index is 1.19. The molecular weight excluding hydrogens is 434 g/mol. The van der Waals surface area contributed by atoms with Crippen molar-refractivity contribution in [2.24, 2.45) is 0 Å². The van der Waals surface area contributed by atoms with Crippen LogP contribution >= 0.6 is 0 Å². The van der Waals surface area contributed by atoms with Crippen LogP contribution in [0, 0.1) is 0 Å². The van der Waals surface area contributed by atoms with Gasteiger partial charge in [0.15, 0.2) is 0 Å². The van der Waals surface area contributed by atoms with Crippen LogP contribution in [0.3, 0.4) is 0 Å². The third-order valence-corrected chi connectivity index (χ3v) is 6.43. The molecule has 0 fully saturated rings. The number of nitrogens with one attached hydrogen (secondary N) is 1. The zero-order chi connectivity index (χ0) is 24.0. The predicted octanol–water partition coefficient (Wildman–Crippen LogP) is 6.72. The van der Waals surface area contributed by atoms with Crippen LogP contribution in [-0.4, -0.2) is 25.3 Å². The molecule has 4 aromatic rings. The average Bonchev–Trinajstić information content (AvgIpc) is 3.22. The van der Waals surface area contributed by atoms with E-state index in [2.05, 4.69) is 53.8 Å². The molecule has 0 unspecified atom stereocenters. The molecule has 1 N–H and O–H groups in total. The molecule has 5 rings (SSSR count). The lowest BCUT2D eigenvalue weighted by atomic mass is 9.98. The highest BCUT2D eigenvalue weighted by molar-refractivity contribution is 5.79. The van der Waals surface area contributed by atoms with Crippen molar-refractivity contribution in [2.75, 3.05) is 13.2 Å². The van der Waals surface area contributed by atoms with Crippen molar-refractivity contribution in [2.45, 2.75) is 25.0 Å². The first-order valence-corrected chi connectivity index (χ1v) is 12.0. The molecule has 0 bridgehead atoms. The van der Waals surface area contributed by atoms with Crippen LogP contribution < -0.4 is 5.32 Å². The highest BCUT2D eigenvalue weighted by atomic mass is 16.5. The maximum absolute atomic E-state index is 12.6. The first-order valence-electron chi connectivity index (χ1n) is 12.0. The fourth-order valence-electron chi connectivity index (χ4n) is 4.76. The Morgan fingerprint density at radius 3 is 1.77 bits per heavy atom. The summed E-state index contributed by atoms with van der Waals surface area (Å²) in [6.07, 6.45) is -0.636. The number of hydrogen-bond acceptors (Lipinski definition) is 3. The lowest BCUT2D eigenvalue weighted by molar-refractivity contribution is 0.0623. The minimum atomic E-state index is -0.432. The molecule has 4 nitrogen and oxygen atoms in total. The summed E-state index contributed by atoms with van der Waals surface area (Å²) < 4.78 is 12.0. The van der Waals surface area contributed by atoms with Crippen molar-refractivity contribution >= 4 is 6.09 Å². The van der Waals surface area contributed by atoms with Gasteiger partial charge in [0.25, 0.3) is 0 Å². The summed E-state index contributed by atoms with van der Waals surface area (Å²) in [4.78, 5) is 12.6. The van der Waals surface area contributed by atoms with E-state index in [4.69, 9.17) is 9.47 Å². The molecule has 4 heteroatoms. The Hall–Kier alpha value is -3.89. The van der Waals surface area contributed by atoms with E-state index in [1.54, 1.807) is 0 Å². The molecule has 0 radical (unpaired) electrons. The number of hydrogen-bond donors (Lipinski definition) is 1. The molecule has 1 atom stereocenters. The van der Waals surface area contributed by atoms with Crippen LogP contribution in [0.1, 0.15) is 41.2 Å². The number of rotatable bonds is 8. The van der Waals surface area contributed by atoms with E-state index in [-0.39, 0.29) is 18.1 Å². The second-order valence-electron chi connectivity index (χ2n) is 8.91. The maximum atomic E-state index is 12.6. The number of alkyl carbamates (subject to hydrolysis) is 1. The van der Waals surface area contributed by atoms with Crippen LogP contribution in [0.2, 0.25) is 0 Å². The first kappa shape index (κ1) is 22.9. The van der Waals surface area contributed by atoms with Gasteiger partial charge in [-0.2, -0.15) is 0 Å². The predicted molar refractivity (Wildman–Crippen MR) is 138 cm³/mol. The zero-order valence-electron chi connectivity index (χ0n) is 19.8. The Kier molecular flexibility index (Phi) is 6.92. The molecule has 1 aliphatic rings. The molecule has 0 spiro atoms. The van der Waals surface area contributed by atoms with Crippen molar-refractivity contribution in [3.05, 3.63) is 131 Å². The van der Waals surface area contributed by atoms with Crippen LogP contribution in [0.4, 0.5) is 4.79 Å². The lowest BCUT2D eigenvalue weighted by Gasteiger charge is -2.22. The second-order valence-corrected chi connectivity index (χ2v) is 8.91. The van der Waals surface area contributed by atoms with Gasteiger partial charge in [0.05, 0.1) is 12.6 Å². The lowest BCUT2D eigenvalue weighted by Crippen LogP contribution is -2.37. The van der Waals surface area contributed by atoms with Crippen molar-refractivity contribution in [1.82, 2.24) is 5.32 Å². The molecule has 0 saturated carbocycles. The summed E-state index contributed by atoms with van der Waals surface area (Å²) in [6, 6.07) is 36.7. The minimum Gasteiger partial charge on any atom is -0.449 e. The molecule has 0 aromatic heterocycles. The van der Waals surface area contributed by atoms with Crippen molar-refractivity contribution in [3.8, 4) is 11.1 Å². The van der Waals surface area contributed by atoms with E-state index >= 15 is 0 Å². The average molecular weight is 464 g/mol. The fourth-order valence-corrected chi connectivity index (χ4v) is 4.76. The van der Waals surface area contributed by atoms with Crippen LogP contribution in [0.15, 0.2) is 109 Å². The van der Waals surface area contributed by atoms with Gasteiger partial charge in [-0.05, 0) is 40.3 Å². The molecule has 0 saturated heterocycles. The molecule has 0 aliphatic heterocycles. The fraction of sp³-hybridized carbons (Fsp3) is 0.194. The highest BCUT2D eigenvalue weighted by Gasteiger charge is 2.29. The van der Waals surface area contributed by atoms with E-state index in [1.807, 2.05) is 67.6 Å². The number of ether oxygens (including phenoxy) is 2. The Morgan fingerprint density at radius 2 is 1.23 bits per heavy atom. The van der Waals surface area contributed by atoms with Crippen molar-refractivity contribution in [3.63, 3.8) is 0 Å². The number of carbonyl (C=O) groups is 1. The Labute approximate surface area is 206 Å². The minimum absolute atomic E-state index is 0.0419. The van der Waals surface area contributed by atoms with E-state index in [0.29, 0.717) is 13.2 Å². The largest absolute Gasteiger partial charge is 0.449 e. The Morgan fingerprint density at radius 1 is 0.743 bits per heavy atom. The first-order chi connectivity index (χ1) is 17.2. The quantitative estimate of drug-likeness (QED) is 0.316. The molecular formula is C31H29NO3. The SMILES string of the molecule is C[C@@H](COC(c1ccccc1)c1ccccc1)NC(=O)OCC1c2ccccc2-c2ccccc21. The molecule has 176 valence electrons. The van der Waals surface area contributed by atoms with Gasteiger partial charge in [-0.1, -0.05) is 109 Å². The highest BCUT2D eigenvalue weighted by Crippen LogP contribution is 2.44. The molecule has 1 amide bonds. The second kappa shape index (κ2) is 10.6. The van der Waals surface area contributed by atoms with Gasteiger partial charge in [0.2, 0.25) is 0 Å². The zero-order valence-corrected chi connectivity index (χ0v) is 19.8. The third kappa shape index (κ3) is 5.13. The van der Waals surface area contributed by atoms with Crippen LogP contribution in [-0.2, 0) is 9.47 Å². The summed E-state index contributed by atoms with van der Waals surface area (Å²) in [5.74, 6) is 0.0419. The third-order valence-electron chi connectivity index (χ3n) is 6.43. The maximum Gasteiger partial charge on any atom is 0.407 e. The van der Waals surface area contributed by atoms with Crippen molar-refractivity contribution < 1.29 is 14.3 Å². The van der Waals surface area contributed by atoms with Crippen LogP contribution in [0.5, 0.6) is 0 Å². The van der Waals surface area contributed by atoms with Crippen LogP contribution in [0.25, 0.3) is 11.1 Å². The molecule has 0 heterocycles. The van der Waals surface area contributed by atoms with Gasteiger partial charge in [0.1, 0.15) is 12.7 Å². The molecule has 1 aliphatic carbocycles. The van der Waals surface area contributed by atoms with E-state index in [1.165, 1.54) is 22.3 Å². The van der Waals surface area contributed by atoms with E-state index in [0.717, 1.165) is 11.1 Å². The smallest absolute Gasteiger partial charge is 0.407 e. The van der Waals surface area contributed by atoms with Gasteiger partial charge in [0, 0.05) is 5.92 Å². The van der Waals surface area contributed by atoms with Gasteiger partial charge in [-0.3, -0.25) is 0 Å². The van der Waals surface area contributed by atoms with E-state index in [9.17, 15) is 4.79 Å². The van der Waals surface area contributed by atoms with Gasteiger partial charge in [-0.25, -0.2) is 4.79 Å². The summed E-state index contributed by atoms with van der Waals surface area (Å²) >= 11 is 0. The summed E-state index contributed by atoms with van der Waals surface area (Å²) in [5.41, 5.74) is 6.98. The number of amides is 1. The molecule has 35 heavy (non-hydrogen) atoms. The number of fused-ring (bicyclic) bond motifs is 3. The monoisotopic (exact) mass is 463 g/mol. The summed E-state index contributed by atoms with van der Waals surface area (Å²) in [5, 5.41) is 2.92. The van der Waals surface area contributed by atoms with E-state index < -0.39 is 6.09 Å². The summed E-state index contributed by atoms with van der Waals surface area (Å²) in [7, 11) is 0. The van der Waals surface area contributed by atoms with Crippen molar-refractivity contribution in [1.29, 1.82) is 0 Å². The summed E-state index contributed by atoms with van der Waals surface area (Å²) in [6.45, 7) is 2.58. The standard InChI is InChI=1S/C31H29NO3/c1-22(20-34-30(23-12-4-2-5-13-23)24-14-6-3-7-15-24)32-31(33)35-21-29-27-18-10-8-16-25(27)26-17-9-11-19-28(26)29/h2-19,22,29-30H,20-21H2,1H3,(H,32,33)/t22-/m0/s1. The number of benzene rings is 4. The topological polar surface area (TPSA) is 47.6 Å². The molecule has 4 aromatic carbocycles. The van der Waals surface area contributed by atoms with Gasteiger partial charge < -0.3 is 14.8 Å². The number of carbonyl (C=O) groups excluding carboxylic acids is 1. The normalized spacial score (nSPS) is 13.2. The van der Waals surface area contributed by atoms with Gasteiger partial charge >= 0.3 is 6.09 Å².